The van der Waals surface area contributed by atoms with Crippen LogP contribution in [-0.4, -0.2) is 23.5 Å². The van der Waals surface area contributed by atoms with E-state index in [0.29, 0.717) is 13.0 Å². The first-order valence-corrected chi connectivity index (χ1v) is 5.68. The smallest absolute Gasteiger partial charge is 0.335 e. The van der Waals surface area contributed by atoms with Crippen molar-refractivity contribution in [1.29, 1.82) is 0 Å². The molecule has 1 saturated heterocycles. The number of anilines is 1. The molecule has 1 heterocycles. The molecule has 1 fully saturated rings. The first kappa shape index (κ1) is 11.6. The van der Waals surface area contributed by atoms with E-state index in [1.165, 1.54) is 0 Å². The minimum atomic E-state index is -0.963. The van der Waals surface area contributed by atoms with E-state index in [-0.39, 0.29) is 17.4 Å². The summed E-state index contributed by atoms with van der Waals surface area (Å²) in [5.41, 5.74) is 1.99. The summed E-state index contributed by atoms with van der Waals surface area (Å²) in [6.07, 6.45) is 0.550. The normalized spacial score (nSPS) is 15.0. The van der Waals surface area contributed by atoms with Crippen LogP contribution < -0.4 is 4.90 Å². The topological polar surface area (TPSA) is 57.6 Å². The second kappa shape index (κ2) is 4.20. The third-order valence-electron chi connectivity index (χ3n) is 3.04. The number of β-lactam (4-membered cyclic amide) rings is 1. The van der Waals surface area contributed by atoms with Crippen molar-refractivity contribution < 1.29 is 14.7 Å². The molecule has 0 bridgehead atoms. The summed E-state index contributed by atoms with van der Waals surface area (Å²) in [5.74, 6) is -0.634. The number of hydrogen-bond acceptors (Lipinski definition) is 2. The van der Waals surface area contributed by atoms with Crippen LogP contribution in [0.3, 0.4) is 0 Å². The highest BCUT2D eigenvalue weighted by molar-refractivity contribution is 6.01. The van der Waals surface area contributed by atoms with Gasteiger partial charge in [-0.1, -0.05) is 19.9 Å². The highest BCUT2D eigenvalue weighted by Crippen LogP contribution is 2.32. The van der Waals surface area contributed by atoms with Gasteiger partial charge < -0.3 is 10.0 Å². The summed E-state index contributed by atoms with van der Waals surface area (Å²) in [5, 5.41) is 8.97. The van der Waals surface area contributed by atoms with Gasteiger partial charge in [-0.25, -0.2) is 4.79 Å². The predicted molar refractivity (Wildman–Crippen MR) is 64.5 cm³/mol. The maximum absolute atomic E-state index is 11.5. The van der Waals surface area contributed by atoms with Gasteiger partial charge >= 0.3 is 5.97 Å². The lowest BCUT2D eigenvalue weighted by molar-refractivity contribution is -0.122. The van der Waals surface area contributed by atoms with Gasteiger partial charge in [0.05, 0.1) is 5.56 Å². The molecule has 17 heavy (non-hydrogen) atoms. The second-order valence-corrected chi connectivity index (χ2v) is 4.53. The fraction of sp³-hybridized carbons (Fsp3) is 0.385. The third kappa shape index (κ3) is 2.02. The molecule has 0 atom stereocenters. The summed E-state index contributed by atoms with van der Waals surface area (Å²) < 4.78 is 0. The molecule has 90 valence electrons. The number of carboxylic acid groups (broad SMARTS) is 1. The minimum absolute atomic E-state index is 0.0643. The highest BCUT2D eigenvalue weighted by atomic mass is 16.4. The van der Waals surface area contributed by atoms with Crippen molar-refractivity contribution in [3.63, 3.8) is 0 Å². The SMILES string of the molecule is CC(C)c1ccc(C(=O)O)cc1N1CCC1=O. The fourth-order valence-electron chi connectivity index (χ4n) is 1.97. The van der Waals surface area contributed by atoms with Crippen LogP contribution in [0, 0.1) is 0 Å². The van der Waals surface area contributed by atoms with Gasteiger partial charge in [-0.3, -0.25) is 4.79 Å². The Kier molecular flexibility index (Phi) is 2.88. The quantitative estimate of drug-likeness (QED) is 0.814. The van der Waals surface area contributed by atoms with Crippen molar-refractivity contribution in [1.82, 2.24) is 0 Å². The number of carbonyl (C=O) groups excluding carboxylic acids is 1. The Bertz CT molecular complexity index is 480. The standard InChI is InChI=1S/C13H15NO3/c1-8(2)10-4-3-9(13(16)17)7-11(10)14-6-5-12(14)15/h3-4,7-8H,5-6H2,1-2H3,(H,16,17). The van der Waals surface area contributed by atoms with Crippen molar-refractivity contribution in [2.45, 2.75) is 26.2 Å². The molecule has 0 aromatic heterocycles. The number of carbonyl (C=O) groups is 2. The van der Waals surface area contributed by atoms with E-state index in [0.717, 1.165) is 11.3 Å². The zero-order valence-electron chi connectivity index (χ0n) is 9.93. The lowest BCUT2D eigenvalue weighted by Gasteiger charge is -2.33. The molecule has 0 radical (unpaired) electrons. The molecule has 1 aromatic carbocycles. The molecule has 0 saturated carbocycles. The van der Waals surface area contributed by atoms with E-state index in [1.807, 2.05) is 13.8 Å². The Hall–Kier alpha value is -1.84. The van der Waals surface area contributed by atoms with Gasteiger partial charge in [0, 0.05) is 18.7 Å². The van der Waals surface area contributed by atoms with Gasteiger partial charge in [-0.2, -0.15) is 0 Å². The number of aromatic carboxylic acids is 1. The Morgan fingerprint density at radius 3 is 2.53 bits per heavy atom. The molecule has 1 aliphatic rings. The van der Waals surface area contributed by atoms with E-state index < -0.39 is 5.97 Å². The second-order valence-electron chi connectivity index (χ2n) is 4.53. The van der Waals surface area contributed by atoms with E-state index in [9.17, 15) is 9.59 Å². The Morgan fingerprint density at radius 1 is 1.41 bits per heavy atom. The molecule has 0 aliphatic carbocycles. The van der Waals surface area contributed by atoms with Gasteiger partial charge in [0.2, 0.25) is 5.91 Å². The first-order valence-electron chi connectivity index (χ1n) is 5.68. The van der Waals surface area contributed by atoms with Gasteiger partial charge in [0.1, 0.15) is 0 Å². The molecule has 0 spiro atoms. The number of carboxylic acids is 1. The molecule has 4 heteroatoms. The predicted octanol–water partition coefficient (Wildman–Crippen LogP) is 2.24. The maximum Gasteiger partial charge on any atom is 0.335 e. The summed E-state index contributed by atoms with van der Waals surface area (Å²) in [4.78, 5) is 24.1. The van der Waals surface area contributed by atoms with Gasteiger partial charge in [0.25, 0.3) is 0 Å². The van der Waals surface area contributed by atoms with Gasteiger partial charge in [-0.05, 0) is 23.6 Å². The highest BCUT2D eigenvalue weighted by Gasteiger charge is 2.28. The van der Waals surface area contributed by atoms with E-state index in [4.69, 9.17) is 5.11 Å². The lowest BCUT2D eigenvalue weighted by Crippen LogP contribution is -2.44. The van der Waals surface area contributed by atoms with Crippen molar-refractivity contribution in [3.8, 4) is 0 Å². The summed E-state index contributed by atoms with van der Waals surface area (Å²) in [6.45, 7) is 4.74. The fourth-order valence-corrected chi connectivity index (χ4v) is 1.97. The molecular weight excluding hydrogens is 218 g/mol. The third-order valence-corrected chi connectivity index (χ3v) is 3.04. The number of benzene rings is 1. The summed E-state index contributed by atoms with van der Waals surface area (Å²) in [6, 6.07) is 4.98. The molecule has 1 N–H and O–H groups in total. The van der Waals surface area contributed by atoms with Crippen LogP contribution in [0.2, 0.25) is 0 Å². The summed E-state index contributed by atoms with van der Waals surface area (Å²) in [7, 11) is 0. The van der Waals surface area contributed by atoms with Crippen LogP contribution in [0.5, 0.6) is 0 Å². The van der Waals surface area contributed by atoms with Crippen LogP contribution in [0.4, 0.5) is 5.69 Å². The number of hydrogen-bond donors (Lipinski definition) is 1. The molecule has 1 aromatic rings. The number of amides is 1. The lowest BCUT2D eigenvalue weighted by atomic mass is 9.96. The first-order chi connectivity index (χ1) is 8.00. The van der Waals surface area contributed by atoms with Crippen LogP contribution in [0.1, 0.15) is 42.1 Å². The van der Waals surface area contributed by atoms with Gasteiger partial charge in [-0.15, -0.1) is 0 Å². The van der Waals surface area contributed by atoms with E-state index >= 15 is 0 Å². The molecule has 1 aliphatic heterocycles. The van der Waals surface area contributed by atoms with E-state index in [2.05, 4.69) is 0 Å². The molecule has 1 amide bonds. The number of rotatable bonds is 3. The minimum Gasteiger partial charge on any atom is -0.478 e. The van der Waals surface area contributed by atoms with Crippen LogP contribution in [-0.2, 0) is 4.79 Å². The Labute approximate surface area is 99.9 Å². The summed E-state index contributed by atoms with van der Waals surface area (Å²) >= 11 is 0. The zero-order valence-corrected chi connectivity index (χ0v) is 9.93. The Morgan fingerprint density at radius 2 is 2.12 bits per heavy atom. The largest absolute Gasteiger partial charge is 0.478 e. The average molecular weight is 233 g/mol. The van der Waals surface area contributed by atoms with Crippen LogP contribution in [0.25, 0.3) is 0 Å². The monoisotopic (exact) mass is 233 g/mol. The van der Waals surface area contributed by atoms with Crippen molar-refractivity contribution in [2.75, 3.05) is 11.4 Å². The molecule has 0 unspecified atom stereocenters. The Balaban J connectivity index is 2.47. The van der Waals surface area contributed by atoms with E-state index in [1.54, 1.807) is 23.1 Å². The molecule has 4 nitrogen and oxygen atoms in total. The van der Waals surface area contributed by atoms with Crippen molar-refractivity contribution >= 4 is 17.6 Å². The zero-order chi connectivity index (χ0) is 12.6. The van der Waals surface area contributed by atoms with Crippen molar-refractivity contribution in [2.24, 2.45) is 0 Å². The average Bonchev–Trinajstić information content (AvgIpc) is 2.26. The van der Waals surface area contributed by atoms with Crippen LogP contribution in [0.15, 0.2) is 18.2 Å². The van der Waals surface area contributed by atoms with Crippen LogP contribution >= 0.6 is 0 Å². The van der Waals surface area contributed by atoms with Gasteiger partial charge in [0.15, 0.2) is 0 Å². The number of nitrogens with zero attached hydrogens (tertiary/aromatic N) is 1. The van der Waals surface area contributed by atoms with Crippen molar-refractivity contribution in [3.05, 3.63) is 29.3 Å². The maximum atomic E-state index is 11.5. The molecule has 2 rings (SSSR count). The molecular formula is C13H15NO3.